The fourth-order valence-corrected chi connectivity index (χ4v) is 2.96. The van der Waals surface area contributed by atoms with Crippen molar-refractivity contribution in [3.63, 3.8) is 0 Å². The number of nitrogens with zero attached hydrogens (tertiary/aromatic N) is 1. The van der Waals surface area contributed by atoms with Crippen molar-refractivity contribution in [2.75, 3.05) is 0 Å². The molecule has 0 bridgehead atoms. The molecule has 25 heavy (non-hydrogen) atoms. The summed E-state index contributed by atoms with van der Waals surface area (Å²) in [5, 5.41) is 2.43. The zero-order chi connectivity index (χ0) is 16.9. The molecule has 0 atom stereocenters. The average Bonchev–Trinajstić information content (AvgIpc) is 2.68. The van der Waals surface area contributed by atoms with E-state index in [1.165, 1.54) is 16.3 Å². The number of fused-ring (bicyclic) bond motifs is 1. The summed E-state index contributed by atoms with van der Waals surface area (Å²) in [7, 11) is 0. The van der Waals surface area contributed by atoms with Crippen molar-refractivity contribution < 1.29 is 0 Å². The summed E-state index contributed by atoms with van der Waals surface area (Å²) in [5.74, 6) is 6.57. The third-order valence-electron chi connectivity index (χ3n) is 4.25. The third kappa shape index (κ3) is 3.44. The van der Waals surface area contributed by atoms with Gasteiger partial charge in [-0.3, -0.25) is 4.98 Å². The van der Waals surface area contributed by atoms with Crippen LogP contribution in [0.1, 0.15) is 22.4 Å². The second kappa shape index (κ2) is 7.03. The highest BCUT2D eigenvalue weighted by Gasteiger charge is 2.06. The summed E-state index contributed by atoms with van der Waals surface area (Å²) < 4.78 is 0. The van der Waals surface area contributed by atoms with Gasteiger partial charge in [0.1, 0.15) is 0 Å². The third-order valence-corrected chi connectivity index (χ3v) is 4.25. The topological polar surface area (TPSA) is 12.9 Å². The minimum absolute atomic E-state index is 0.779. The number of hydrogen-bond acceptors (Lipinski definition) is 1. The Hall–Kier alpha value is -3.37. The number of pyridine rings is 1. The van der Waals surface area contributed by atoms with Crippen molar-refractivity contribution in [1.29, 1.82) is 0 Å². The maximum Gasteiger partial charge on any atom is 0.0526 e. The summed E-state index contributed by atoms with van der Waals surface area (Å²) >= 11 is 0. The molecule has 0 amide bonds. The van der Waals surface area contributed by atoms with Gasteiger partial charge in [0.2, 0.25) is 0 Å². The van der Waals surface area contributed by atoms with Crippen LogP contribution in [0.3, 0.4) is 0 Å². The van der Waals surface area contributed by atoms with E-state index >= 15 is 0 Å². The van der Waals surface area contributed by atoms with Crippen LogP contribution in [-0.4, -0.2) is 4.98 Å². The highest BCUT2D eigenvalue weighted by molar-refractivity contribution is 5.84. The molecule has 1 heteroatoms. The Kier molecular flexibility index (Phi) is 4.27. The van der Waals surface area contributed by atoms with Gasteiger partial charge in [-0.1, -0.05) is 72.5 Å². The normalized spacial score (nSPS) is 10.2. The van der Waals surface area contributed by atoms with E-state index in [1.807, 2.05) is 42.6 Å². The minimum atomic E-state index is 0.779. The molecule has 0 aliphatic carbocycles. The maximum absolute atomic E-state index is 4.61. The molecule has 0 saturated carbocycles. The van der Waals surface area contributed by atoms with Gasteiger partial charge in [0.15, 0.2) is 0 Å². The minimum Gasteiger partial charge on any atom is -0.260 e. The van der Waals surface area contributed by atoms with Gasteiger partial charge in [0.05, 0.1) is 5.69 Å². The lowest BCUT2D eigenvalue weighted by Crippen LogP contribution is -1.96. The van der Waals surface area contributed by atoms with Crippen molar-refractivity contribution in [3.8, 4) is 11.8 Å². The first-order valence-electron chi connectivity index (χ1n) is 8.38. The molecule has 1 heterocycles. The molecule has 3 aromatic carbocycles. The van der Waals surface area contributed by atoms with E-state index in [0.717, 1.165) is 23.2 Å². The van der Waals surface area contributed by atoms with Gasteiger partial charge in [-0.15, -0.1) is 0 Å². The molecule has 4 rings (SSSR count). The molecule has 0 N–H and O–H groups in total. The summed E-state index contributed by atoms with van der Waals surface area (Å²) in [6.45, 7) is 0. The van der Waals surface area contributed by atoms with Gasteiger partial charge < -0.3 is 0 Å². The van der Waals surface area contributed by atoms with Gasteiger partial charge in [-0.2, -0.15) is 0 Å². The van der Waals surface area contributed by atoms with Crippen LogP contribution in [-0.2, 0) is 6.42 Å². The van der Waals surface area contributed by atoms with E-state index in [1.54, 1.807) is 0 Å². The van der Waals surface area contributed by atoms with E-state index in [2.05, 4.69) is 65.4 Å². The Morgan fingerprint density at radius 1 is 0.680 bits per heavy atom. The summed E-state index contributed by atoms with van der Waals surface area (Å²) in [6, 6.07) is 28.8. The first-order chi connectivity index (χ1) is 12.4. The molecule has 0 aliphatic heterocycles. The average molecular weight is 319 g/mol. The Balaban J connectivity index is 1.71. The number of aromatic nitrogens is 1. The Labute approximate surface area is 148 Å². The van der Waals surface area contributed by atoms with E-state index in [9.17, 15) is 0 Å². The molecular formula is C24H17N. The Morgan fingerprint density at radius 2 is 1.44 bits per heavy atom. The predicted molar refractivity (Wildman–Crippen MR) is 103 cm³/mol. The highest BCUT2D eigenvalue weighted by Crippen LogP contribution is 2.20. The highest BCUT2D eigenvalue weighted by atomic mass is 14.7. The van der Waals surface area contributed by atoms with Gasteiger partial charge in [0.25, 0.3) is 0 Å². The summed E-state index contributed by atoms with van der Waals surface area (Å²) in [6.07, 6.45) is 2.66. The van der Waals surface area contributed by atoms with Crippen molar-refractivity contribution in [2.24, 2.45) is 0 Å². The second-order valence-electron chi connectivity index (χ2n) is 5.93. The quantitative estimate of drug-likeness (QED) is 0.461. The summed E-state index contributed by atoms with van der Waals surface area (Å²) in [4.78, 5) is 4.61. The van der Waals surface area contributed by atoms with Crippen LogP contribution in [0.4, 0.5) is 0 Å². The largest absolute Gasteiger partial charge is 0.260 e. The number of hydrogen-bond donors (Lipinski definition) is 0. The molecule has 4 aromatic rings. The van der Waals surface area contributed by atoms with Crippen molar-refractivity contribution in [1.82, 2.24) is 4.98 Å². The van der Waals surface area contributed by atoms with E-state index < -0.39 is 0 Å². The molecule has 0 radical (unpaired) electrons. The smallest absolute Gasteiger partial charge is 0.0526 e. The lowest BCUT2D eigenvalue weighted by Gasteiger charge is -2.07. The Bertz CT molecular complexity index is 1060. The first-order valence-corrected chi connectivity index (χ1v) is 8.38. The molecule has 1 aromatic heterocycles. The standard InChI is InChI=1S/C24H17N/c1-2-8-19(9-3-1)14-15-20-10-4-5-12-22(20)18-24-23-13-7-6-11-21(23)16-17-25-24/h1-13,16-17H,18H2. The second-order valence-corrected chi connectivity index (χ2v) is 5.93. The zero-order valence-corrected chi connectivity index (χ0v) is 13.8. The number of rotatable bonds is 2. The van der Waals surface area contributed by atoms with Crippen LogP contribution in [0.2, 0.25) is 0 Å². The van der Waals surface area contributed by atoms with Gasteiger partial charge >= 0.3 is 0 Å². The van der Waals surface area contributed by atoms with Crippen molar-refractivity contribution >= 4 is 10.8 Å². The summed E-state index contributed by atoms with van der Waals surface area (Å²) in [5.41, 5.74) is 4.38. The van der Waals surface area contributed by atoms with E-state index in [4.69, 9.17) is 0 Å². The van der Waals surface area contributed by atoms with Crippen LogP contribution < -0.4 is 0 Å². The van der Waals surface area contributed by atoms with Crippen LogP contribution in [0.5, 0.6) is 0 Å². The van der Waals surface area contributed by atoms with Gasteiger partial charge in [-0.05, 0) is 35.2 Å². The van der Waals surface area contributed by atoms with Gasteiger partial charge in [-0.25, -0.2) is 0 Å². The van der Waals surface area contributed by atoms with Crippen LogP contribution in [0.15, 0.2) is 91.1 Å². The maximum atomic E-state index is 4.61. The molecule has 0 fully saturated rings. The molecule has 0 saturated heterocycles. The van der Waals surface area contributed by atoms with E-state index in [-0.39, 0.29) is 0 Å². The lowest BCUT2D eigenvalue weighted by atomic mass is 9.99. The molecule has 1 nitrogen and oxygen atoms in total. The van der Waals surface area contributed by atoms with Crippen LogP contribution >= 0.6 is 0 Å². The molecule has 118 valence electrons. The molecule has 0 aliphatic rings. The monoisotopic (exact) mass is 319 g/mol. The molecular weight excluding hydrogens is 302 g/mol. The van der Waals surface area contributed by atoms with Crippen LogP contribution in [0, 0.1) is 11.8 Å². The van der Waals surface area contributed by atoms with Crippen LogP contribution in [0.25, 0.3) is 10.8 Å². The lowest BCUT2D eigenvalue weighted by molar-refractivity contribution is 1.09. The zero-order valence-electron chi connectivity index (χ0n) is 13.8. The Morgan fingerprint density at radius 3 is 2.36 bits per heavy atom. The fraction of sp³-hybridized carbons (Fsp3) is 0.0417. The SMILES string of the molecule is C(#Cc1ccccc1Cc1nccc2ccccc12)c1ccccc1. The number of benzene rings is 3. The van der Waals surface area contributed by atoms with Crippen molar-refractivity contribution in [3.05, 3.63) is 114 Å². The van der Waals surface area contributed by atoms with Gasteiger partial charge in [0, 0.05) is 29.1 Å². The predicted octanol–water partition coefficient (Wildman–Crippen LogP) is 5.23. The van der Waals surface area contributed by atoms with Crippen molar-refractivity contribution in [2.45, 2.75) is 6.42 Å². The first kappa shape index (κ1) is 15.2. The molecule has 0 spiro atoms. The van der Waals surface area contributed by atoms with E-state index in [0.29, 0.717) is 0 Å². The molecule has 0 unspecified atom stereocenters. The fourth-order valence-electron chi connectivity index (χ4n) is 2.96.